The molecule has 0 amide bonds. The third kappa shape index (κ3) is 3.57. The van der Waals surface area contributed by atoms with Crippen LogP contribution in [0.4, 0.5) is 0 Å². The first-order valence-electron chi connectivity index (χ1n) is 6.03. The zero-order valence-corrected chi connectivity index (χ0v) is 11.9. The van der Waals surface area contributed by atoms with Crippen molar-refractivity contribution in [2.45, 2.75) is 36.8 Å². The summed E-state index contributed by atoms with van der Waals surface area (Å²) < 4.78 is 0. The first kappa shape index (κ1) is 13.1. The van der Waals surface area contributed by atoms with E-state index in [4.69, 9.17) is 0 Å². The Hall–Kier alpha value is -1.35. The number of hydrogen-bond acceptors (Lipinski definition) is 3. The minimum atomic E-state index is 0.219. The molecule has 94 valence electrons. The highest BCUT2D eigenvalue weighted by atomic mass is 32.2. The second-order valence-electron chi connectivity index (χ2n) is 5.31. The van der Waals surface area contributed by atoms with Crippen LogP contribution in [-0.2, 0) is 11.2 Å². The molecule has 0 aliphatic heterocycles. The summed E-state index contributed by atoms with van der Waals surface area (Å²) in [5.74, 6) is 0.912. The number of rotatable bonds is 3. The fraction of sp³-hybridized carbons (Fsp3) is 0.333. The molecule has 0 aliphatic carbocycles. The predicted octanol–water partition coefficient (Wildman–Crippen LogP) is 4.07. The Morgan fingerprint density at radius 3 is 2.17 bits per heavy atom. The molecule has 0 radical (unpaired) electrons. The maximum Gasteiger partial charge on any atom is 0.115 e. The van der Waals surface area contributed by atoms with Gasteiger partial charge in [0.2, 0.25) is 0 Å². The molecule has 0 N–H and O–H groups in total. The smallest absolute Gasteiger partial charge is 0.115 e. The van der Waals surface area contributed by atoms with Gasteiger partial charge in [-0.3, -0.25) is 0 Å². The van der Waals surface area contributed by atoms with Crippen molar-refractivity contribution >= 4 is 11.8 Å². The first-order valence-corrected chi connectivity index (χ1v) is 7.01. The van der Waals surface area contributed by atoms with Gasteiger partial charge in [0.05, 0.1) is 0 Å². The van der Waals surface area contributed by atoms with E-state index in [1.54, 1.807) is 6.33 Å². The van der Waals surface area contributed by atoms with Crippen LogP contribution < -0.4 is 0 Å². The third-order valence-electron chi connectivity index (χ3n) is 2.74. The molecule has 0 aliphatic rings. The number of aromatic nitrogens is 2. The molecule has 1 aromatic heterocycles. The maximum atomic E-state index is 4.02. The zero-order valence-electron chi connectivity index (χ0n) is 11.1. The lowest BCUT2D eigenvalue weighted by molar-refractivity contribution is 0.590. The Morgan fingerprint density at radius 2 is 1.61 bits per heavy atom. The van der Waals surface area contributed by atoms with Crippen LogP contribution in [-0.4, -0.2) is 9.97 Å². The molecular weight excluding hydrogens is 240 g/mol. The minimum absolute atomic E-state index is 0.219. The highest BCUT2D eigenvalue weighted by molar-refractivity contribution is 7.98. The molecule has 1 aromatic carbocycles. The van der Waals surface area contributed by atoms with Crippen LogP contribution in [0.3, 0.4) is 0 Å². The van der Waals surface area contributed by atoms with Gasteiger partial charge in [-0.15, -0.1) is 11.8 Å². The topological polar surface area (TPSA) is 25.8 Å². The first-order chi connectivity index (χ1) is 8.55. The summed E-state index contributed by atoms with van der Waals surface area (Å²) in [5.41, 5.74) is 2.74. The van der Waals surface area contributed by atoms with E-state index in [0.29, 0.717) is 0 Å². The zero-order chi connectivity index (χ0) is 13.0. The molecule has 0 atom stereocenters. The van der Waals surface area contributed by atoms with Gasteiger partial charge in [-0.1, -0.05) is 32.9 Å². The number of benzene rings is 1. The van der Waals surface area contributed by atoms with Gasteiger partial charge in [0, 0.05) is 23.0 Å². The van der Waals surface area contributed by atoms with E-state index < -0.39 is 0 Å². The number of hydrogen-bond donors (Lipinski definition) is 0. The number of thioether (sulfide) groups is 1. The van der Waals surface area contributed by atoms with E-state index >= 15 is 0 Å². The van der Waals surface area contributed by atoms with E-state index in [-0.39, 0.29) is 5.41 Å². The van der Waals surface area contributed by atoms with Crippen molar-refractivity contribution in [2.75, 3.05) is 0 Å². The molecule has 0 saturated carbocycles. The molecule has 1 heterocycles. The van der Waals surface area contributed by atoms with Gasteiger partial charge in [0.25, 0.3) is 0 Å². The van der Waals surface area contributed by atoms with Crippen molar-refractivity contribution in [3.05, 3.63) is 54.1 Å². The van der Waals surface area contributed by atoms with Gasteiger partial charge < -0.3 is 0 Å². The summed E-state index contributed by atoms with van der Waals surface area (Å²) in [7, 11) is 0. The van der Waals surface area contributed by atoms with E-state index in [1.807, 2.05) is 24.2 Å². The highest BCUT2D eigenvalue weighted by Gasteiger charge is 2.12. The summed E-state index contributed by atoms with van der Waals surface area (Å²) in [6.07, 6.45) is 5.29. The largest absolute Gasteiger partial charge is 0.245 e. The molecule has 2 aromatic rings. The molecule has 3 heteroatoms. The lowest BCUT2D eigenvalue weighted by atomic mass is 9.87. The van der Waals surface area contributed by atoms with Crippen LogP contribution in [0.5, 0.6) is 0 Å². The summed E-state index contributed by atoms with van der Waals surface area (Å²) in [5, 5.41) is 0. The summed E-state index contributed by atoms with van der Waals surface area (Å²) in [4.78, 5) is 9.32. The average molecular weight is 258 g/mol. The standard InChI is InChI=1S/C15H18N2S/c1-15(2,3)13-4-6-14(7-5-13)18-10-12-8-16-11-17-9-12/h4-9,11H,10H2,1-3H3. The maximum absolute atomic E-state index is 4.02. The lowest BCUT2D eigenvalue weighted by Gasteiger charge is -2.19. The Balaban J connectivity index is 1.99. The van der Waals surface area contributed by atoms with E-state index in [2.05, 4.69) is 55.0 Å². The van der Waals surface area contributed by atoms with Gasteiger partial charge in [-0.2, -0.15) is 0 Å². The van der Waals surface area contributed by atoms with Crippen LogP contribution in [0.25, 0.3) is 0 Å². The van der Waals surface area contributed by atoms with Crippen molar-refractivity contribution in [3.8, 4) is 0 Å². The molecule has 2 rings (SSSR count). The van der Waals surface area contributed by atoms with Gasteiger partial charge in [0.15, 0.2) is 0 Å². The normalized spacial score (nSPS) is 11.5. The van der Waals surface area contributed by atoms with E-state index in [0.717, 1.165) is 11.3 Å². The highest BCUT2D eigenvalue weighted by Crippen LogP contribution is 2.27. The van der Waals surface area contributed by atoms with Gasteiger partial charge in [-0.25, -0.2) is 9.97 Å². The van der Waals surface area contributed by atoms with Crippen molar-refractivity contribution < 1.29 is 0 Å². The Labute approximate surface area is 113 Å². The Morgan fingerprint density at radius 1 is 1.00 bits per heavy atom. The summed E-state index contributed by atoms with van der Waals surface area (Å²) in [6.45, 7) is 6.70. The minimum Gasteiger partial charge on any atom is -0.245 e. The molecule has 0 spiro atoms. The van der Waals surface area contributed by atoms with E-state index in [9.17, 15) is 0 Å². The van der Waals surface area contributed by atoms with Crippen molar-refractivity contribution in [1.82, 2.24) is 9.97 Å². The molecule has 0 bridgehead atoms. The Kier molecular flexibility index (Phi) is 4.02. The predicted molar refractivity (Wildman–Crippen MR) is 76.7 cm³/mol. The Bertz CT molecular complexity index is 486. The van der Waals surface area contributed by atoms with Gasteiger partial charge in [-0.05, 0) is 28.7 Å². The summed E-state index contributed by atoms with van der Waals surface area (Å²) in [6, 6.07) is 8.80. The fourth-order valence-electron chi connectivity index (χ4n) is 1.62. The van der Waals surface area contributed by atoms with E-state index in [1.165, 1.54) is 10.5 Å². The van der Waals surface area contributed by atoms with Gasteiger partial charge in [0.1, 0.15) is 6.33 Å². The molecule has 2 nitrogen and oxygen atoms in total. The molecule has 18 heavy (non-hydrogen) atoms. The molecular formula is C15H18N2S. The second kappa shape index (κ2) is 5.53. The molecule has 0 saturated heterocycles. The second-order valence-corrected chi connectivity index (χ2v) is 6.36. The van der Waals surface area contributed by atoms with Crippen molar-refractivity contribution in [3.63, 3.8) is 0 Å². The third-order valence-corrected chi connectivity index (χ3v) is 3.82. The van der Waals surface area contributed by atoms with Crippen LogP contribution in [0.1, 0.15) is 31.9 Å². The SMILES string of the molecule is CC(C)(C)c1ccc(SCc2cncnc2)cc1. The summed E-state index contributed by atoms with van der Waals surface area (Å²) >= 11 is 1.81. The molecule has 0 unspecified atom stereocenters. The van der Waals surface area contributed by atoms with Crippen LogP contribution in [0.2, 0.25) is 0 Å². The van der Waals surface area contributed by atoms with Crippen LogP contribution in [0.15, 0.2) is 47.9 Å². The fourth-order valence-corrected chi connectivity index (χ4v) is 2.43. The quantitative estimate of drug-likeness (QED) is 0.776. The molecule has 0 fully saturated rings. The van der Waals surface area contributed by atoms with Crippen LogP contribution >= 0.6 is 11.8 Å². The average Bonchev–Trinajstić information content (AvgIpc) is 2.37. The monoisotopic (exact) mass is 258 g/mol. The lowest BCUT2D eigenvalue weighted by Crippen LogP contribution is -2.10. The van der Waals surface area contributed by atoms with Gasteiger partial charge >= 0.3 is 0 Å². The van der Waals surface area contributed by atoms with Crippen molar-refractivity contribution in [2.24, 2.45) is 0 Å². The number of nitrogens with zero attached hydrogens (tertiary/aromatic N) is 2. The van der Waals surface area contributed by atoms with Crippen LogP contribution in [0, 0.1) is 0 Å². The van der Waals surface area contributed by atoms with Crippen molar-refractivity contribution in [1.29, 1.82) is 0 Å².